The van der Waals surface area contributed by atoms with Crippen molar-refractivity contribution in [1.82, 2.24) is 19.3 Å². The van der Waals surface area contributed by atoms with Crippen molar-refractivity contribution in [2.45, 2.75) is 32.1 Å². The van der Waals surface area contributed by atoms with Crippen molar-refractivity contribution >= 4 is 23.2 Å². The molecule has 4 aromatic rings. The molecular weight excluding hydrogens is 420 g/mol. The maximum atomic E-state index is 13.0. The van der Waals surface area contributed by atoms with Crippen LogP contribution in [0.5, 0.6) is 0 Å². The predicted octanol–water partition coefficient (Wildman–Crippen LogP) is 5.30. The van der Waals surface area contributed by atoms with E-state index in [9.17, 15) is 4.79 Å². The van der Waals surface area contributed by atoms with Crippen molar-refractivity contribution in [2.24, 2.45) is 0 Å². The Balaban J connectivity index is 1.27. The average Bonchev–Trinajstić information content (AvgIpc) is 3.22. The number of aryl methyl sites for hydroxylation is 1. The second-order valence-electron chi connectivity index (χ2n) is 8.51. The second-order valence-corrected chi connectivity index (χ2v) is 8.95. The van der Waals surface area contributed by atoms with Gasteiger partial charge in [-0.1, -0.05) is 41.9 Å². The molecular formula is C26H25ClN4O. The zero-order chi connectivity index (χ0) is 22.1. The molecule has 0 bridgehead atoms. The van der Waals surface area contributed by atoms with E-state index >= 15 is 0 Å². The lowest BCUT2D eigenvalue weighted by atomic mass is 9.91. The van der Waals surface area contributed by atoms with Gasteiger partial charge in [0.1, 0.15) is 11.3 Å². The van der Waals surface area contributed by atoms with Crippen LogP contribution in [0.4, 0.5) is 0 Å². The molecule has 0 spiro atoms. The summed E-state index contributed by atoms with van der Waals surface area (Å²) in [6, 6.07) is 18.5. The number of pyridine rings is 2. The minimum absolute atomic E-state index is 0.0229. The number of nitrogens with zero attached hydrogens (tertiary/aromatic N) is 4. The fourth-order valence-corrected chi connectivity index (χ4v) is 4.69. The summed E-state index contributed by atoms with van der Waals surface area (Å²) in [6.07, 6.45) is 6.25. The fraction of sp³-hybridized carbons (Fsp3) is 0.269. The van der Waals surface area contributed by atoms with Gasteiger partial charge in [0.25, 0.3) is 5.91 Å². The van der Waals surface area contributed by atoms with Gasteiger partial charge in [0, 0.05) is 42.8 Å². The van der Waals surface area contributed by atoms with Crippen LogP contribution in [-0.4, -0.2) is 38.3 Å². The molecule has 5 rings (SSSR count). The van der Waals surface area contributed by atoms with Gasteiger partial charge in [-0.25, -0.2) is 4.98 Å². The second kappa shape index (κ2) is 8.75. The van der Waals surface area contributed by atoms with Gasteiger partial charge in [0.2, 0.25) is 0 Å². The molecule has 3 aromatic heterocycles. The third kappa shape index (κ3) is 4.39. The van der Waals surface area contributed by atoms with Crippen molar-refractivity contribution in [2.75, 3.05) is 13.1 Å². The lowest BCUT2D eigenvalue weighted by Crippen LogP contribution is -2.38. The summed E-state index contributed by atoms with van der Waals surface area (Å²) < 4.78 is 1.80. The zero-order valence-corrected chi connectivity index (χ0v) is 18.8. The Morgan fingerprint density at radius 1 is 1.00 bits per heavy atom. The van der Waals surface area contributed by atoms with Gasteiger partial charge in [0.05, 0.1) is 5.02 Å². The quantitative estimate of drug-likeness (QED) is 0.429. The molecule has 5 nitrogen and oxygen atoms in total. The van der Waals surface area contributed by atoms with Gasteiger partial charge in [-0.15, -0.1) is 0 Å². The number of amides is 1. The summed E-state index contributed by atoms with van der Waals surface area (Å²) in [4.78, 5) is 24.2. The fourth-order valence-electron chi connectivity index (χ4n) is 4.52. The van der Waals surface area contributed by atoms with Gasteiger partial charge >= 0.3 is 0 Å². The molecule has 32 heavy (non-hydrogen) atoms. The van der Waals surface area contributed by atoms with Crippen LogP contribution < -0.4 is 0 Å². The highest BCUT2D eigenvalue weighted by molar-refractivity contribution is 6.30. The summed E-state index contributed by atoms with van der Waals surface area (Å²) in [7, 11) is 0. The molecule has 0 N–H and O–H groups in total. The largest absolute Gasteiger partial charge is 0.337 e. The first-order valence-corrected chi connectivity index (χ1v) is 11.4. The number of hydrogen-bond donors (Lipinski definition) is 0. The van der Waals surface area contributed by atoms with Gasteiger partial charge in [-0.05, 0) is 61.6 Å². The summed E-state index contributed by atoms with van der Waals surface area (Å²) in [5.41, 5.74) is 5.98. The van der Waals surface area contributed by atoms with Crippen molar-refractivity contribution < 1.29 is 4.79 Å². The van der Waals surface area contributed by atoms with E-state index in [0.29, 0.717) is 29.7 Å². The normalized spacial score (nSPS) is 14.8. The molecule has 1 aromatic carbocycles. The smallest absolute Gasteiger partial charge is 0.274 e. The SMILES string of the molecule is Cc1cc(Cc2ccccc2)cc(C2CCN(C(=O)c3cn4cc(Cl)ccc4n3)CC2)n1. The first-order chi connectivity index (χ1) is 15.5. The first-order valence-electron chi connectivity index (χ1n) is 11.0. The van der Waals surface area contributed by atoms with E-state index < -0.39 is 0 Å². The van der Waals surface area contributed by atoms with Gasteiger partial charge in [-0.2, -0.15) is 0 Å². The molecule has 6 heteroatoms. The van der Waals surface area contributed by atoms with Crippen LogP contribution in [0.2, 0.25) is 5.02 Å². The van der Waals surface area contributed by atoms with Gasteiger partial charge in [0.15, 0.2) is 0 Å². The Hall–Kier alpha value is -3.18. The van der Waals surface area contributed by atoms with E-state index in [2.05, 4.69) is 48.3 Å². The monoisotopic (exact) mass is 444 g/mol. The average molecular weight is 445 g/mol. The highest BCUT2D eigenvalue weighted by Crippen LogP contribution is 2.29. The zero-order valence-electron chi connectivity index (χ0n) is 18.0. The third-order valence-corrected chi connectivity index (χ3v) is 6.34. The highest BCUT2D eigenvalue weighted by Gasteiger charge is 2.27. The van der Waals surface area contributed by atoms with E-state index in [0.717, 1.165) is 36.3 Å². The number of benzene rings is 1. The number of halogens is 1. The molecule has 0 aliphatic carbocycles. The maximum Gasteiger partial charge on any atom is 0.274 e. The molecule has 0 radical (unpaired) electrons. The Morgan fingerprint density at radius 3 is 2.56 bits per heavy atom. The number of imidazole rings is 1. The molecule has 4 heterocycles. The van der Waals surface area contributed by atoms with Crippen molar-refractivity contribution in [3.8, 4) is 0 Å². The van der Waals surface area contributed by atoms with Crippen LogP contribution in [0, 0.1) is 6.92 Å². The van der Waals surface area contributed by atoms with Crippen LogP contribution in [-0.2, 0) is 6.42 Å². The molecule has 0 atom stereocenters. The number of likely N-dealkylation sites (tertiary alicyclic amines) is 1. The minimum Gasteiger partial charge on any atom is -0.337 e. The van der Waals surface area contributed by atoms with Crippen LogP contribution in [0.3, 0.4) is 0 Å². The maximum absolute atomic E-state index is 13.0. The van der Waals surface area contributed by atoms with Crippen molar-refractivity contribution in [1.29, 1.82) is 0 Å². The summed E-state index contributed by atoms with van der Waals surface area (Å²) in [5, 5.41) is 0.618. The highest BCUT2D eigenvalue weighted by atomic mass is 35.5. The first kappa shape index (κ1) is 20.7. The number of carbonyl (C=O) groups excluding carboxylic acids is 1. The van der Waals surface area contributed by atoms with Crippen molar-refractivity contribution in [3.05, 3.63) is 100 Å². The topological polar surface area (TPSA) is 50.5 Å². The summed E-state index contributed by atoms with van der Waals surface area (Å²) in [6.45, 7) is 3.48. The third-order valence-electron chi connectivity index (χ3n) is 6.12. The van der Waals surface area contributed by atoms with E-state index in [1.807, 2.05) is 17.0 Å². The number of aromatic nitrogens is 3. The van der Waals surface area contributed by atoms with Gasteiger partial charge < -0.3 is 9.30 Å². The van der Waals surface area contributed by atoms with Crippen LogP contribution in [0.25, 0.3) is 5.65 Å². The van der Waals surface area contributed by atoms with Gasteiger partial charge in [-0.3, -0.25) is 9.78 Å². The van der Waals surface area contributed by atoms with Crippen molar-refractivity contribution in [3.63, 3.8) is 0 Å². The van der Waals surface area contributed by atoms with Crippen LogP contribution in [0.15, 0.2) is 67.0 Å². The molecule has 1 aliphatic heterocycles. The Morgan fingerprint density at radius 2 is 1.78 bits per heavy atom. The number of fused-ring (bicyclic) bond motifs is 1. The molecule has 1 amide bonds. The van der Waals surface area contributed by atoms with Crippen LogP contribution in [0.1, 0.15) is 51.8 Å². The number of rotatable bonds is 4. The minimum atomic E-state index is -0.0229. The molecule has 1 fully saturated rings. The molecule has 0 saturated carbocycles. The van der Waals surface area contributed by atoms with E-state index in [1.165, 1.54) is 11.1 Å². The number of piperidine rings is 1. The number of hydrogen-bond acceptors (Lipinski definition) is 3. The van der Waals surface area contributed by atoms with Crippen LogP contribution >= 0.6 is 11.6 Å². The summed E-state index contributed by atoms with van der Waals surface area (Å²) in [5.74, 6) is 0.346. The Kier molecular flexibility index (Phi) is 5.66. The summed E-state index contributed by atoms with van der Waals surface area (Å²) >= 11 is 6.05. The Labute approximate surface area is 192 Å². The predicted molar refractivity (Wildman–Crippen MR) is 126 cm³/mol. The molecule has 1 aliphatic rings. The molecule has 1 saturated heterocycles. The number of carbonyl (C=O) groups is 1. The van der Waals surface area contributed by atoms with E-state index in [4.69, 9.17) is 16.6 Å². The lowest BCUT2D eigenvalue weighted by molar-refractivity contribution is 0.0706. The van der Waals surface area contributed by atoms with E-state index in [-0.39, 0.29) is 5.91 Å². The standard InChI is InChI=1S/C26H25ClN4O/c1-18-13-20(14-19-5-3-2-4-6-19)15-23(28-18)21-9-11-30(12-10-21)26(32)24-17-31-16-22(27)7-8-25(31)29-24/h2-8,13,15-17,21H,9-12,14H2,1H3. The molecule has 162 valence electrons. The van der Waals surface area contributed by atoms with E-state index in [1.54, 1.807) is 22.9 Å². The molecule has 0 unspecified atom stereocenters. The Bertz CT molecular complexity index is 1260. The lowest BCUT2D eigenvalue weighted by Gasteiger charge is -2.31.